The molecule has 1 aromatic carbocycles. The van der Waals surface area contributed by atoms with E-state index >= 15 is 0 Å². The van der Waals surface area contributed by atoms with E-state index < -0.39 is 0 Å². The van der Waals surface area contributed by atoms with Crippen molar-refractivity contribution < 1.29 is 4.79 Å². The predicted molar refractivity (Wildman–Crippen MR) is 105 cm³/mol. The van der Waals surface area contributed by atoms with Crippen LogP contribution in [0.25, 0.3) is 0 Å². The normalized spacial score (nSPS) is 30.9. The molecule has 0 radical (unpaired) electrons. The molecule has 3 heterocycles. The van der Waals surface area contributed by atoms with E-state index in [0.717, 1.165) is 31.8 Å². The average molecular weight is 356 g/mol. The lowest BCUT2D eigenvalue weighted by molar-refractivity contribution is -0.127. The highest BCUT2D eigenvalue weighted by molar-refractivity contribution is 5.81. The number of likely N-dealkylation sites (tertiary alicyclic amines) is 1. The molecule has 1 amide bonds. The number of rotatable bonds is 5. The van der Waals surface area contributed by atoms with Gasteiger partial charge in [0.1, 0.15) is 0 Å². The molecule has 3 saturated heterocycles. The third-order valence-electron chi connectivity index (χ3n) is 6.76. The van der Waals surface area contributed by atoms with Gasteiger partial charge in [-0.25, -0.2) is 0 Å². The molecule has 2 N–H and O–H groups in total. The number of piperidine rings is 2. The summed E-state index contributed by atoms with van der Waals surface area (Å²) in [6, 6.07) is 12.4. The number of nitrogens with zero attached hydrogens (tertiary/aromatic N) is 1. The maximum absolute atomic E-state index is 12.7. The fraction of sp³-hybridized carbons (Fsp3) is 0.682. The van der Waals surface area contributed by atoms with Gasteiger partial charge >= 0.3 is 0 Å². The van der Waals surface area contributed by atoms with Crippen LogP contribution < -0.4 is 10.6 Å². The van der Waals surface area contributed by atoms with Gasteiger partial charge in [0.15, 0.2) is 0 Å². The first-order valence-electron chi connectivity index (χ1n) is 10.5. The van der Waals surface area contributed by atoms with Gasteiger partial charge in [0.05, 0.1) is 6.04 Å². The molecule has 4 heteroatoms. The molecule has 0 aromatic heterocycles. The van der Waals surface area contributed by atoms with Crippen LogP contribution in [0.5, 0.6) is 0 Å². The molecule has 3 aliphatic heterocycles. The Morgan fingerprint density at radius 1 is 1.12 bits per heavy atom. The fourth-order valence-electron chi connectivity index (χ4n) is 5.15. The van der Waals surface area contributed by atoms with Crippen LogP contribution in [0.2, 0.25) is 0 Å². The minimum absolute atomic E-state index is 0.000198. The molecule has 3 atom stereocenters. The molecule has 26 heavy (non-hydrogen) atoms. The number of carbonyl (C=O) groups is 1. The largest absolute Gasteiger partial charge is 0.352 e. The second kappa shape index (κ2) is 8.10. The Hall–Kier alpha value is -1.39. The van der Waals surface area contributed by atoms with E-state index in [2.05, 4.69) is 52.8 Å². The van der Waals surface area contributed by atoms with Crippen LogP contribution in [0, 0.1) is 5.92 Å². The van der Waals surface area contributed by atoms with Gasteiger partial charge < -0.3 is 10.6 Å². The van der Waals surface area contributed by atoms with Crippen LogP contribution in [-0.4, -0.2) is 48.1 Å². The number of amides is 1. The average Bonchev–Trinajstić information content (AvgIpc) is 3.01. The SMILES string of the molecule is CC(C(=O)NC1CC2CCC(C1)N2)N1CCC(Cc2ccccc2)CC1. The van der Waals surface area contributed by atoms with E-state index in [9.17, 15) is 4.79 Å². The van der Waals surface area contributed by atoms with E-state index in [0.29, 0.717) is 18.1 Å². The van der Waals surface area contributed by atoms with Crippen molar-refractivity contribution in [2.45, 2.75) is 76.0 Å². The maximum atomic E-state index is 12.7. The lowest BCUT2D eigenvalue weighted by Gasteiger charge is -2.37. The Kier molecular flexibility index (Phi) is 5.60. The fourth-order valence-corrected chi connectivity index (χ4v) is 5.15. The van der Waals surface area contributed by atoms with Crippen molar-refractivity contribution in [3.05, 3.63) is 35.9 Å². The zero-order valence-corrected chi connectivity index (χ0v) is 16.0. The van der Waals surface area contributed by atoms with E-state index in [4.69, 9.17) is 0 Å². The highest BCUT2D eigenvalue weighted by Crippen LogP contribution is 2.27. The Bertz CT molecular complexity index is 585. The molecular weight excluding hydrogens is 322 g/mol. The molecule has 0 saturated carbocycles. The lowest BCUT2D eigenvalue weighted by Crippen LogP contribution is -2.54. The minimum atomic E-state index is 0.000198. The van der Waals surface area contributed by atoms with Crippen molar-refractivity contribution in [3.8, 4) is 0 Å². The van der Waals surface area contributed by atoms with Gasteiger partial charge in [0, 0.05) is 18.1 Å². The van der Waals surface area contributed by atoms with Gasteiger partial charge in [-0.2, -0.15) is 0 Å². The number of fused-ring (bicyclic) bond motifs is 2. The van der Waals surface area contributed by atoms with Gasteiger partial charge in [-0.1, -0.05) is 30.3 Å². The molecule has 142 valence electrons. The quantitative estimate of drug-likeness (QED) is 0.854. The first-order chi connectivity index (χ1) is 12.7. The topological polar surface area (TPSA) is 44.4 Å². The van der Waals surface area contributed by atoms with E-state index in [1.54, 1.807) is 0 Å². The molecule has 1 aromatic rings. The standard InChI is InChI=1S/C22H33N3O/c1-16(22(26)24-21-14-19-7-8-20(15-21)23-19)25-11-9-18(10-12-25)13-17-5-3-2-4-6-17/h2-6,16,18-21,23H,7-15H2,1H3,(H,24,26). The molecule has 0 spiro atoms. The van der Waals surface area contributed by atoms with Crippen molar-refractivity contribution in [2.24, 2.45) is 5.92 Å². The van der Waals surface area contributed by atoms with Crippen LogP contribution in [0.4, 0.5) is 0 Å². The van der Waals surface area contributed by atoms with Gasteiger partial charge in [-0.3, -0.25) is 9.69 Å². The number of nitrogens with one attached hydrogen (secondary N) is 2. The number of hydrogen-bond acceptors (Lipinski definition) is 3. The highest BCUT2D eigenvalue weighted by atomic mass is 16.2. The van der Waals surface area contributed by atoms with Crippen molar-refractivity contribution in [3.63, 3.8) is 0 Å². The molecule has 2 bridgehead atoms. The van der Waals surface area contributed by atoms with Gasteiger partial charge in [-0.15, -0.1) is 0 Å². The summed E-state index contributed by atoms with van der Waals surface area (Å²) in [5.41, 5.74) is 1.44. The van der Waals surface area contributed by atoms with Gasteiger partial charge in [-0.05, 0) is 76.4 Å². The first kappa shape index (κ1) is 18.0. The first-order valence-corrected chi connectivity index (χ1v) is 10.5. The Morgan fingerprint density at radius 3 is 2.42 bits per heavy atom. The van der Waals surface area contributed by atoms with Gasteiger partial charge in [0.25, 0.3) is 0 Å². The second-order valence-corrected chi connectivity index (χ2v) is 8.66. The Labute approximate surface area is 157 Å². The van der Waals surface area contributed by atoms with E-state index in [1.165, 1.54) is 37.7 Å². The van der Waals surface area contributed by atoms with Crippen LogP contribution in [0.15, 0.2) is 30.3 Å². The third kappa shape index (κ3) is 4.29. The second-order valence-electron chi connectivity index (χ2n) is 8.66. The maximum Gasteiger partial charge on any atom is 0.237 e. The number of carbonyl (C=O) groups excluding carboxylic acids is 1. The van der Waals surface area contributed by atoms with E-state index in [-0.39, 0.29) is 11.9 Å². The Morgan fingerprint density at radius 2 is 1.77 bits per heavy atom. The summed E-state index contributed by atoms with van der Waals surface area (Å²) in [7, 11) is 0. The van der Waals surface area contributed by atoms with Crippen molar-refractivity contribution in [2.75, 3.05) is 13.1 Å². The summed E-state index contributed by atoms with van der Waals surface area (Å²) in [4.78, 5) is 15.1. The predicted octanol–water partition coefficient (Wildman–Crippen LogP) is 2.73. The van der Waals surface area contributed by atoms with Crippen molar-refractivity contribution in [1.29, 1.82) is 0 Å². The van der Waals surface area contributed by atoms with Gasteiger partial charge in [0.2, 0.25) is 5.91 Å². The monoisotopic (exact) mass is 355 g/mol. The summed E-state index contributed by atoms with van der Waals surface area (Å²) in [5.74, 6) is 0.988. The molecule has 3 fully saturated rings. The van der Waals surface area contributed by atoms with Crippen molar-refractivity contribution >= 4 is 5.91 Å². The molecule has 0 aliphatic carbocycles. The zero-order valence-electron chi connectivity index (χ0n) is 16.0. The molecule has 3 unspecified atom stereocenters. The Balaban J connectivity index is 1.22. The molecular formula is C22H33N3O. The zero-order chi connectivity index (χ0) is 17.9. The summed E-state index contributed by atoms with van der Waals surface area (Å²) in [5, 5.41) is 7.00. The van der Waals surface area contributed by atoms with Crippen LogP contribution in [0.1, 0.15) is 51.0 Å². The summed E-state index contributed by atoms with van der Waals surface area (Å²) >= 11 is 0. The van der Waals surface area contributed by atoms with Crippen molar-refractivity contribution in [1.82, 2.24) is 15.5 Å². The molecule has 4 nitrogen and oxygen atoms in total. The van der Waals surface area contributed by atoms with Crippen LogP contribution >= 0.6 is 0 Å². The number of benzene rings is 1. The van der Waals surface area contributed by atoms with Crippen LogP contribution in [0.3, 0.4) is 0 Å². The summed E-state index contributed by atoms with van der Waals surface area (Å²) in [6.07, 6.45) is 8.34. The smallest absolute Gasteiger partial charge is 0.237 e. The minimum Gasteiger partial charge on any atom is -0.352 e. The summed E-state index contributed by atoms with van der Waals surface area (Å²) in [6.45, 7) is 4.18. The third-order valence-corrected chi connectivity index (χ3v) is 6.76. The molecule has 3 aliphatic rings. The number of hydrogen-bond donors (Lipinski definition) is 2. The molecule has 4 rings (SSSR count). The van der Waals surface area contributed by atoms with Crippen LogP contribution in [-0.2, 0) is 11.2 Å². The lowest BCUT2D eigenvalue weighted by atomic mass is 9.89. The highest BCUT2D eigenvalue weighted by Gasteiger charge is 2.35. The van der Waals surface area contributed by atoms with E-state index in [1.807, 2.05) is 0 Å². The summed E-state index contributed by atoms with van der Waals surface area (Å²) < 4.78 is 0.